The van der Waals surface area contributed by atoms with Gasteiger partial charge >= 0.3 is 19.0 Å². The van der Waals surface area contributed by atoms with Gasteiger partial charge in [0.1, 0.15) is 0 Å². The van der Waals surface area contributed by atoms with Gasteiger partial charge in [-0.2, -0.15) is 0 Å². The van der Waals surface area contributed by atoms with Crippen LogP contribution in [0, 0.1) is 0 Å². The fourth-order valence-electron chi connectivity index (χ4n) is 7.93. The number of rotatable bonds is 5. The zero-order chi connectivity index (χ0) is 38.6. The first-order chi connectivity index (χ1) is 26.7. The molecule has 58 heavy (non-hydrogen) atoms. The summed E-state index contributed by atoms with van der Waals surface area (Å²) in [6.07, 6.45) is 7.26. The molecule has 2 aliphatic heterocycles. The zero-order valence-electron chi connectivity index (χ0n) is 32.3. The minimum atomic E-state index is -0.463. The van der Waals surface area contributed by atoms with E-state index in [1.54, 1.807) is 19.2 Å². The molecule has 17 heteroatoms. The Kier molecular flexibility index (Phi) is 17.2. The molecule has 2 atom stereocenters. The van der Waals surface area contributed by atoms with Crippen LogP contribution in [0.25, 0.3) is 23.3 Å². The fourth-order valence-corrected chi connectivity index (χ4v) is 8.29. The minimum absolute atomic E-state index is 0. The third kappa shape index (κ3) is 9.91. The van der Waals surface area contributed by atoms with E-state index in [0.717, 1.165) is 97.1 Å². The highest BCUT2D eigenvalue weighted by molar-refractivity contribution is 6.45. The first-order valence-corrected chi connectivity index (χ1v) is 19.1. The molecule has 11 nitrogen and oxygen atoms in total. The number of nitrogens with one attached hydrogen (secondary N) is 1. The number of piperazine rings is 2. The Hall–Kier alpha value is -3.53. The van der Waals surface area contributed by atoms with Crippen molar-refractivity contribution in [1.29, 1.82) is 0 Å². The Bertz CT molecular complexity index is 2150. The van der Waals surface area contributed by atoms with E-state index in [1.165, 1.54) is 14.2 Å². The van der Waals surface area contributed by atoms with Gasteiger partial charge in [0.2, 0.25) is 0 Å². The summed E-state index contributed by atoms with van der Waals surface area (Å²) >= 11 is 12.5. The molecular formula is C41H46BCl5N6O5. The van der Waals surface area contributed by atoms with E-state index in [2.05, 4.69) is 20.1 Å². The first-order valence-electron chi connectivity index (χ1n) is 18.4. The number of nitrogens with zero attached hydrogens (tertiary/aromatic N) is 5. The first kappa shape index (κ1) is 47.2. The van der Waals surface area contributed by atoms with E-state index in [-0.39, 0.29) is 55.3 Å². The molecule has 0 saturated carbocycles. The van der Waals surface area contributed by atoms with Crippen LogP contribution in [0.2, 0.25) is 16.9 Å². The molecule has 0 radical (unpaired) electrons. The molecule has 0 amide bonds. The maximum atomic E-state index is 12.6. The molecule has 4 aliphatic rings. The molecule has 308 valence electrons. The molecule has 8 rings (SSSR count). The van der Waals surface area contributed by atoms with Crippen LogP contribution in [0.1, 0.15) is 56.9 Å². The van der Waals surface area contributed by atoms with Crippen LogP contribution >= 0.6 is 60.4 Å². The number of fused-ring (bicyclic) bond motifs is 4. The van der Waals surface area contributed by atoms with Crippen molar-refractivity contribution in [2.24, 2.45) is 0 Å². The van der Waals surface area contributed by atoms with Crippen molar-refractivity contribution in [2.45, 2.75) is 18.9 Å². The summed E-state index contributed by atoms with van der Waals surface area (Å²) < 4.78 is 10.1. The molecule has 2 aromatic carbocycles. The molecule has 2 N–H and O–H groups in total. The third-order valence-electron chi connectivity index (χ3n) is 10.6. The van der Waals surface area contributed by atoms with Crippen molar-refractivity contribution in [3.05, 3.63) is 128 Å². The summed E-state index contributed by atoms with van der Waals surface area (Å²) in [5, 5.41) is 14.6. The summed E-state index contributed by atoms with van der Waals surface area (Å²) in [5.74, 6) is -0.768. The second kappa shape index (κ2) is 21.1. The van der Waals surface area contributed by atoms with Gasteiger partial charge in [-0.1, -0.05) is 47.5 Å². The Morgan fingerprint density at radius 1 is 0.707 bits per heavy atom. The zero-order valence-corrected chi connectivity index (χ0v) is 36.2. The molecule has 0 spiro atoms. The number of pyridine rings is 2. The van der Waals surface area contributed by atoms with Gasteiger partial charge in [-0.25, -0.2) is 9.59 Å². The summed E-state index contributed by atoms with van der Waals surface area (Å²) in [6.45, 7) is 8.56. The average molecular weight is 891 g/mol. The molecule has 2 unspecified atom stereocenters. The Labute approximate surface area is 368 Å². The third-order valence-corrected chi connectivity index (χ3v) is 11.1. The van der Waals surface area contributed by atoms with Gasteiger partial charge in [0, 0.05) is 85.9 Å². The van der Waals surface area contributed by atoms with E-state index in [0.29, 0.717) is 21.2 Å². The fraction of sp³-hybridized carbons (Fsp3) is 0.317. The number of carbonyl (C=O) groups excluding carboxylic acids is 2. The van der Waals surface area contributed by atoms with Gasteiger partial charge in [-0.15, -0.1) is 37.2 Å². The molecule has 4 heterocycles. The number of halogens is 5. The molecule has 4 aromatic rings. The molecule has 0 bridgehead atoms. The van der Waals surface area contributed by atoms with Gasteiger partial charge in [0.05, 0.1) is 48.8 Å². The van der Waals surface area contributed by atoms with Gasteiger partial charge in [-0.3, -0.25) is 19.8 Å². The Balaban J connectivity index is 0.000000245. The summed E-state index contributed by atoms with van der Waals surface area (Å²) in [4.78, 5) is 41.2. The van der Waals surface area contributed by atoms with Crippen molar-refractivity contribution < 1.29 is 24.1 Å². The normalized spacial score (nSPS) is 18.7. The molecule has 2 aliphatic carbocycles. The topological polar surface area (TPSA) is 120 Å². The predicted octanol–water partition coefficient (Wildman–Crippen LogP) is 6.60. The van der Waals surface area contributed by atoms with Crippen molar-refractivity contribution in [2.75, 3.05) is 66.6 Å². The van der Waals surface area contributed by atoms with Crippen LogP contribution in [0.15, 0.2) is 73.1 Å². The van der Waals surface area contributed by atoms with E-state index in [4.69, 9.17) is 37.7 Å². The second-order valence-corrected chi connectivity index (χ2v) is 14.7. The molecule has 2 aromatic heterocycles. The van der Waals surface area contributed by atoms with Crippen LogP contribution < -0.4 is 5.32 Å². The largest absolute Gasteiger partial charge is 0.465 e. The summed E-state index contributed by atoms with van der Waals surface area (Å²) in [7, 11) is 2.32. The number of aromatic nitrogens is 2. The highest BCUT2D eigenvalue weighted by Crippen LogP contribution is 2.42. The van der Waals surface area contributed by atoms with Gasteiger partial charge in [0.15, 0.2) is 0 Å². The SMILES string of the molecule is COC(=O)C1=Cc2cc(Cl)ccc2C(N2CCN(B(C)O)CC2)c2ncccc21.COC(=O)C1=Cc2cc(Cl)ccc2C(N2CCNCC2)c2ncccc21.Cl.Cl.Cl. The number of benzene rings is 2. The second-order valence-electron chi connectivity index (χ2n) is 13.8. The highest BCUT2D eigenvalue weighted by Gasteiger charge is 2.36. The summed E-state index contributed by atoms with van der Waals surface area (Å²) in [6, 6.07) is 19.0. The minimum Gasteiger partial charge on any atom is -0.465 e. The van der Waals surface area contributed by atoms with Crippen LogP contribution in [0.5, 0.6) is 0 Å². The quantitative estimate of drug-likeness (QED) is 0.167. The number of esters is 2. The van der Waals surface area contributed by atoms with E-state index in [1.807, 2.05) is 77.6 Å². The smallest absolute Gasteiger partial charge is 0.376 e. The van der Waals surface area contributed by atoms with Crippen molar-refractivity contribution >= 4 is 103 Å². The van der Waals surface area contributed by atoms with E-state index < -0.39 is 13.0 Å². The lowest BCUT2D eigenvalue weighted by atomic mass is 9.84. The van der Waals surface area contributed by atoms with Gasteiger partial charge in [-0.05, 0) is 77.6 Å². The highest BCUT2D eigenvalue weighted by atomic mass is 35.5. The van der Waals surface area contributed by atoms with Crippen LogP contribution in [-0.4, -0.2) is 115 Å². The Morgan fingerprint density at radius 3 is 1.55 bits per heavy atom. The molecular weight excluding hydrogens is 845 g/mol. The predicted molar refractivity (Wildman–Crippen MR) is 238 cm³/mol. The standard InChI is InChI=1S/C21H23BClN3O3.C20H20ClN3O2.3ClH/c1-22(28)26-10-8-25(9-11-26)20-16-6-5-15(23)12-14(16)13-18(21(27)29-2)17-4-3-7-24-19(17)20;1-26-20(25)17-12-13-11-14(21)4-5-15(13)19(24-9-7-22-8-10-24)18-16(17)3-2-6-23-18;;;/h3-7,12-13,20,28H,8-11H2,1-2H3;2-6,11-12,19,22H,7-10H2,1H3;3*1H. The van der Waals surface area contributed by atoms with Crippen molar-refractivity contribution in [3.8, 4) is 0 Å². The van der Waals surface area contributed by atoms with Gasteiger partial charge < -0.3 is 24.6 Å². The maximum absolute atomic E-state index is 12.6. The van der Waals surface area contributed by atoms with Crippen LogP contribution in [-0.2, 0) is 19.1 Å². The lowest BCUT2D eigenvalue weighted by molar-refractivity contribution is -0.134. The molecule has 2 fully saturated rings. The average Bonchev–Trinajstić information content (AvgIpc) is 3.45. The lowest BCUT2D eigenvalue weighted by Crippen LogP contribution is -2.52. The Morgan fingerprint density at radius 2 is 1.14 bits per heavy atom. The number of hydrogen-bond donors (Lipinski definition) is 2. The number of methoxy groups -OCH3 is 2. The monoisotopic (exact) mass is 888 g/mol. The van der Waals surface area contributed by atoms with E-state index in [9.17, 15) is 14.6 Å². The number of ether oxygens (including phenoxy) is 2. The van der Waals surface area contributed by atoms with Gasteiger partial charge in [0.25, 0.3) is 0 Å². The van der Waals surface area contributed by atoms with E-state index >= 15 is 0 Å². The van der Waals surface area contributed by atoms with Crippen LogP contribution in [0.4, 0.5) is 0 Å². The van der Waals surface area contributed by atoms with Crippen molar-refractivity contribution in [1.82, 2.24) is 29.9 Å². The van der Waals surface area contributed by atoms with Crippen molar-refractivity contribution in [3.63, 3.8) is 0 Å². The lowest BCUT2D eigenvalue weighted by Gasteiger charge is -2.40. The number of hydrogen-bond acceptors (Lipinski definition) is 11. The summed E-state index contributed by atoms with van der Waals surface area (Å²) in [5.41, 5.74) is 8.26. The maximum Gasteiger partial charge on any atom is 0.376 e. The number of carbonyl (C=O) groups is 2. The molecule has 2 saturated heterocycles. The van der Waals surface area contributed by atoms with Crippen LogP contribution in [0.3, 0.4) is 0 Å².